The number of H-pyrrole nitrogens is 1. The van der Waals surface area contributed by atoms with Gasteiger partial charge in [0.2, 0.25) is 5.71 Å². The Bertz CT molecular complexity index is 898. The third kappa shape index (κ3) is 2.29. The lowest BCUT2D eigenvalue weighted by molar-refractivity contribution is 0.102. The van der Waals surface area contributed by atoms with Gasteiger partial charge in [-0.1, -0.05) is 6.07 Å². The highest BCUT2D eigenvalue weighted by atomic mass is 19.1. The highest BCUT2D eigenvalue weighted by Gasteiger charge is 2.21. The first kappa shape index (κ1) is 13.0. The number of hydrogen-bond donors (Lipinski definition) is 2. The number of hydrogen-bond acceptors (Lipinski definition) is 4. The first-order chi connectivity index (χ1) is 10.1. The molecule has 0 saturated heterocycles. The zero-order valence-electron chi connectivity index (χ0n) is 10.9. The zero-order valence-corrected chi connectivity index (χ0v) is 10.9. The molecule has 0 aliphatic heterocycles. The van der Waals surface area contributed by atoms with Gasteiger partial charge in [-0.15, -0.1) is 0 Å². The number of aromatic nitrogens is 2. The smallest absolute Gasteiger partial charge is 0.262 e. The molecule has 3 aromatic rings. The molecule has 0 radical (unpaired) electrons. The molecule has 1 amide bonds. The van der Waals surface area contributed by atoms with Crippen LogP contribution in [0.2, 0.25) is 0 Å². The summed E-state index contributed by atoms with van der Waals surface area (Å²) in [5, 5.41) is 2.60. The molecule has 0 aliphatic rings. The molecule has 0 bridgehead atoms. The molecule has 0 fully saturated rings. The Morgan fingerprint density at radius 2 is 2.24 bits per heavy atom. The summed E-state index contributed by atoms with van der Waals surface area (Å²) in [4.78, 5) is 30.4. The molecular weight excluding hydrogens is 277 g/mol. The number of fused-ring (bicyclic) bond motifs is 1. The van der Waals surface area contributed by atoms with Gasteiger partial charge in [0.25, 0.3) is 11.5 Å². The molecule has 0 atom stereocenters. The molecule has 2 N–H and O–H groups in total. The summed E-state index contributed by atoms with van der Waals surface area (Å²) in [5.41, 5.74) is -0.0143. The Balaban J connectivity index is 2.06. The number of nitrogens with one attached hydrogen (secondary N) is 2. The molecule has 0 spiro atoms. The third-order valence-corrected chi connectivity index (χ3v) is 2.98. The molecule has 0 saturated carbocycles. The normalized spacial score (nSPS) is 10.8. The molecule has 7 heteroatoms. The summed E-state index contributed by atoms with van der Waals surface area (Å²) in [5.74, 6) is -0.764. The Kier molecular flexibility index (Phi) is 3.02. The van der Waals surface area contributed by atoms with E-state index in [0.717, 1.165) is 0 Å². The number of amides is 1. The van der Waals surface area contributed by atoms with Gasteiger partial charge >= 0.3 is 0 Å². The van der Waals surface area contributed by atoms with E-state index in [0.29, 0.717) is 0 Å². The summed E-state index contributed by atoms with van der Waals surface area (Å²) in [6.45, 7) is 1.56. The van der Waals surface area contributed by atoms with Crippen molar-refractivity contribution < 1.29 is 13.6 Å². The molecule has 2 aromatic heterocycles. The van der Waals surface area contributed by atoms with Gasteiger partial charge in [0.1, 0.15) is 17.0 Å². The summed E-state index contributed by atoms with van der Waals surface area (Å²) in [7, 11) is 0. The molecule has 0 unspecified atom stereocenters. The number of furan rings is 1. The van der Waals surface area contributed by atoms with Crippen LogP contribution in [0.15, 0.2) is 39.8 Å². The van der Waals surface area contributed by atoms with E-state index in [9.17, 15) is 14.0 Å². The number of aromatic amines is 1. The Morgan fingerprint density at radius 1 is 1.43 bits per heavy atom. The van der Waals surface area contributed by atoms with Gasteiger partial charge in [0.05, 0.1) is 11.9 Å². The fourth-order valence-corrected chi connectivity index (χ4v) is 2.09. The maximum absolute atomic E-state index is 13.1. The van der Waals surface area contributed by atoms with E-state index in [1.807, 2.05) is 0 Å². The van der Waals surface area contributed by atoms with Crippen molar-refractivity contribution in [3.63, 3.8) is 0 Å². The first-order valence-corrected chi connectivity index (χ1v) is 6.10. The van der Waals surface area contributed by atoms with E-state index in [1.165, 1.54) is 24.5 Å². The van der Waals surface area contributed by atoms with E-state index in [2.05, 4.69) is 15.3 Å². The maximum atomic E-state index is 13.1. The predicted octanol–water partition coefficient (Wildman–Crippen LogP) is 2.22. The molecule has 2 heterocycles. The second-order valence-corrected chi connectivity index (χ2v) is 4.41. The van der Waals surface area contributed by atoms with Crippen LogP contribution in [0.25, 0.3) is 11.1 Å². The lowest BCUT2D eigenvalue weighted by atomic mass is 10.1. The SMILES string of the molecule is Cc1oc2nc[nH]c(=O)c2c1C(=O)Nc1cccc(F)c1. The van der Waals surface area contributed by atoms with Crippen molar-refractivity contribution >= 4 is 22.7 Å². The van der Waals surface area contributed by atoms with Gasteiger partial charge in [0, 0.05) is 5.69 Å². The lowest BCUT2D eigenvalue weighted by Crippen LogP contribution is -2.16. The molecule has 0 aliphatic carbocycles. The van der Waals surface area contributed by atoms with Crippen LogP contribution >= 0.6 is 0 Å². The molecule has 21 heavy (non-hydrogen) atoms. The van der Waals surface area contributed by atoms with Crippen molar-refractivity contribution in [2.45, 2.75) is 6.92 Å². The fourth-order valence-electron chi connectivity index (χ4n) is 2.09. The Morgan fingerprint density at radius 3 is 3.00 bits per heavy atom. The number of nitrogens with zero attached hydrogens (tertiary/aromatic N) is 1. The number of carbonyl (C=O) groups is 1. The van der Waals surface area contributed by atoms with E-state index < -0.39 is 17.3 Å². The van der Waals surface area contributed by atoms with Crippen LogP contribution in [-0.4, -0.2) is 15.9 Å². The number of aryl methyl sites for hydroxylation is 1. The van der Waals surface area contributed by atoms with Gasteiger partial charge in [-0.25, -0.2) is 9.37 Å². The van der Waals surface area contributed by atoms with Crippen molar-refractivity contribution in [2.24, 2.45) is 0 Å². The molecule has 1 aromatic carbocycles. The van der Waals surface area contributed by atoms with Crippen molar-refractivity contribution in [3.05, 3.63) is 58.1 Å². The largest absolute Gasteiger partial charge is 0.442 e. The molecular formula is C14H10FN3O3. The summed E-state index contributed by atoms with van der Waals surface area (Å²) in [6, 6.07) is 5.46. The number of anilines is 1. The number of halogens is 1. The van der Waals surface area contributed by atoms with Crippen LogP contribution in [0.4, 0.5) is 10.1 Å². The molecule has 106 valence electrons. The van der Waals surface area contributed by atoms with E-state index in [1.54, 1.807) is 13.0 Å². The van der Waals surface area contributed by atoms with E-state index in [-0.39, 0.29) is 28.1 Å². The highest BCUT2D eigenvalue weighted by molar-refractivity contribution is 6.12. The van der Waals surface area contributed by atoms with Crippen LogP contribution in [0, 0.1) is 12.7 Å². The van der Waals surface area contributed by atoms with Crippen LogP contribution < -0.4 is 10.9 Å². The number of carbonyl (C=O) groups excluding carboxylic acids is 1. The third-order valence-electron chi connectivity index (χ3n) is 2.98. The standard InChI is InChI=1S/C14H10FN3O3/c1-7-10(11-12(19)16-6-17-14(11)21-7)13(20)18-9-4-2-3-8(15)5-9/h2-6H,1H3,(H,18,20)(H,16,17,19). The average Bonchev–Trinajstić information content (AvgIpc) is 2.76. The van der Waals surface area contributed by atoms with Gasteiger partial charge in [-0.2, -0.15) is 0 Å². The van der Waals surface area contributed by atoms with Gasteiger partial charge in [-0.05, 0) is 25.1 Å². The second-order valence-electron chi connectivity index (χ2n) is 4.41. The van der Waals surface area contributed by atoms with Crippen LogP contribution in [-0.2, 0) is 0 Å². The van der Waals surface area contributed by atoms with Gasteiger partial charge in [-0.3, -0.25) is 9.59 Å². The molecule has 3 rings (SSSR count). The average molecular weight is 287 g/mol. The number of benzene rings is 1. The Labute approximate surface area is 117 Å². The summed E-state index contributed by atoms with van der Waals surface area (Å²) < 4.78 is 18.4. The lowest BCUT2D eigenvalue weighted by Gasteiger charge is -2.04. The minimum atomic E-state index is -0.560. The predicted molar refractivity (Wildman–Crippen MR) is 73.7 cm³/mol. The van der Waals surface area contributed by atoms with Crippen molar-refractivity contribution in [2.75, 3.05) is 5.32 Å². The Hall–Kier alpha value is -2.96. The number of rotatable bonds is 2. The highest BCUT2D eigenvalue weighted by Crippen LogP contribution is 2.22. The van der Waals surface area contributed by atoms with Crippen molar-refractivity contribution in [3.8, 4) is 0 Å². The van der Waals surface area contributed by atoms with Crippen molar-refractivity contribution in [1.82, 2.24) is 9.97 Å². The summed E-state index contributed by atoms with van der Waals surface area (Å²) in [6.07, 6.45) is 1.20. The summed E-state index contributed by atoms with van der Waals surface area (Å²) >= 11 is 0. The first-order valence-electron chi connectivity index (χ1n) is 6.10. The van der Waals surface area contributed by atoms with Crippen LogP contribution in [0.1, 0.15) is 16.1 Å². The van der Waals surface area contributed by atoms with Crippen molar-refractivity contribution in [1.29, 1.82) is 0 Å². The fraction of sp³-hybridized carbons (Fsp3) is 0.0714. The van der Waals surface area contributed by atoms with Gasteiger partial charge < -0.3 is 14.7 Å². The minimum Gasteiger partial charge on any atom is -0.442 e. The van der Waals surface area contributed by atoms with Crippen LogP contribution in [0.5, 0.6) is 0 Å². The van der Waals surface area contributed by atoms with Crippen LogP contribution in [0.3, 0.4) is 0 Å². The maximum Gasteiger partial charge on any atom is 0.262 e. The van der Waals surface area contributed by atoms with Gasteiger partial charge in [0.15, 0.2) is 0 Å². The monoisotopic (exact) mass is 287 g/mol. The van der Waals surface area contributed by atoms with E-state index in [4.69, 9.17) is 4.42 Å². The zero-order chi connectivity index (χ0) is 15.0. The molecule has 6 nitrogen and oxygen atoms in total. The van der Waals surface area contributed by atoms with E-state index >= 15 is 0 Å². The minimum absolute atomic E-state index is 0.0731. The second kappa shape index (κ2) is 4.86. The quantitative estimate of drug-likeness (QED) is 0.756. The topological polar surface area (TPSA) is 88.0 Å².